The molecule has 2 atom stereocenters. The van der Waals surface area contributed by atoms with Crippen molar-refractivity contribution in [2.75, 3.05) is 18.4 Å². The monoisotopic (exact) mass is 410 g/mol. The Kier molecular flexibility index (Phi) is 6.31. The van der Waals surface area contributed by atoms with Gasteiger partial charge in [-0.3, -0.25) is 9.59 Å². The van der Waals surface area contributed by atoms with Gasteiger partial charge in [0.2, 0.25) is 5.91 Å². The number of carbonyl (C=O) groups is 2. The highest BCUT2D eigenvalue weighted by atomic mass is 35.5. The van der Waals surface area contributed by atoms with Crippen molar-refractivity contribution in [2.45, 2.75) is 44.6 Å². The number of carbonyl (C=O) groups excluding carboxylic acids is 2. The van der Waals surface area contributed by atoms with Crippen molar-refractivity contribution in [3.63, 3.8) is 0 Å². The number of rotatable bonds is 5. The van der Waals surface area contributed by atoms with Gasteiger partial charge in [-0.05, 0) is 62.9 Å². The number of amides is 1. The minimum absolute atomic E-state index is 0.0214. The van der Waals surface area contributed by atoms with Gasteiger partial charge in [-0.25, -0.2) is 0 Å². The molecule has 0 unspecified atom stereocenters. The van der Waals surface area contributed by atoms with E-state index in [2.05, 4.69) is 10.2 Å². The van der Waals surface area contributed by atoms with Crippen molar-refractivity contribution in [1.82, 2.24) is 4.90 Å². The molecule has 2 aliphatic heterocycles. The fourth-order valence-corrected chi connectivity index (χ4v) is 4.99. The van der Waals surface area contributed by atoms with E-state index in [1.165, 1.54) is 19.3 Å². The third kappa shape index (κ3) is 4.71. The highest BCUT2D eigenvalue weighted by molar-refractivity contribution is 6.31. The van der Waals surface area contributed by atoms with E-state index >= 15 is 0 Å². The van der Waals surface area contributed by atoms with Gasteiger partial charge in [0.05, 0.1) is 5.69 Å². The second kappa shape index (κ2) is 9.10. The van der Waals surface area contributed by atoms with E-state index in [9.17, 15) is 9.59 Å². The Balaban J connectivity index is 1.49. The zero-order chi connectivity index (χ0) is 20.2. The Bertz CT molecular complexity index is 882. The first-order valence-electron chi connectivity index (χ1n) is 10.5. The van der Waals surface area contributed by atoms with Crippen LogP contribution in [0.4, 0.5) is 5.69 Å². The van der Waals surface area contributed by atoms with E-state index in [-0.39, 0.29) is 11.7 Å². The van der Waals surface area contributed by atoms with E-state index < -0.39 is 0 Å². The minimum atomic E-state index is -0.139. The van der Waals surface area contributed by atoms with Gasteiger partial charge in [-0.15, -0.1) is 0 Å². The van der Waals surface area contributed by atoms with E-state index in [0.717, 1.165) is 25.9 Å². The zero-order valence-electron chi connectivity index (χ0n) is 16.6. The van der Waals surface area contributed by atoms with Crippen molar-refractivity contribution in [2.24, 2.45) is 5.92 Å². The van der Waals surface area contributed by atoms with Crippen LogP contribution < -0.4 is 5.32 Å². The Hall–Kier alpha value is -2.17. The molecule has 2 heterocycles. The summed E-state index contributed by atoms with van der Waals surface area (Å²) in [6.07, 6.45) is 6.48. The molecule has 0 saturated carbocycles. The molecule has 0 bridgehead atoms. The molecule has 0 aromatic heterocycles. The third-order valence-corrected chi connectivity index (χ3v) is 6.45. The fraction of sp³-hybridized carbons (Fsp3) is 0.417. The highest BCUT2D eigenvalue weighted by Crippen LogP contribution is 2.33. The topological polar surface area (TPSA) is 49.4 Å². The average Bonchev–Trinajstić information content (AvgIpc) is 2.75. The number of benzene rings is 2. The van der Waals surface area contributed by atoms with Crippen LogP contribution in [0.15, 0.2) is 48.5 Å². The van der Waals surface area contributed by atoms with Crippen LogP contribution in [0.1, 0.15) is 54.4 Å². The largest absolute Gasteiger partial charge is 0.325 e. The number of halogens is 1. The first kappa shape index (κ1) is 20.1. The molecule has 0 spiro atoms. The van der Waals surface area contributed by atoms with Crippen LogP contribution in [0.25, 0.3) is 0 Å². The highest BCUT2D eigenvalue weighted by Gasteiger charge is 2.34. The Morgan fingerprint density at radius 1 is 1.00 bits per heavy atom. The summed E-state index contributed by atoms with van der Waals surface area (Å²) >= 11 is 6.15. The predicted molar refractivity (Wildman–Crippen MR) is 117 cm³/mol. The number of hydrogen-bond acceptors (Lipinski definition) is 3. The van der Waals surface area contributed by atoms with Crippen LogP contribution >= 0.6 is 11.6 Å². The fourth-order valence-electron chi connectivity index (χ4n) is 4.81. The van der Waals surface area contributed by atoms with Gasteiger partial charge in [0.15, 0.2) is 5.78 Å². The summed E-state index contributed by atoms with van der Waals surface area (Å²) in [6.45, 7) is 2.32. The number of nitrogens with one attached hydrogen (secondary N) is 1. The van der Waals surface area contributed by atoms with Crippen molar-refractivity contribution in [1.29, 1.82) is 0 Å². The van der Waals surface area contributed by atoms with Crippen LogP contribution in [0.3, 0.4) is 0 Å². The first-order valence-corrected chi connectivity index (χ1v) is 10.9. The van der Waals surface area contributed by atoms with Crippen molar-refractivity contribution in [3.8, 4) is 0 Å². The lowest BCUT2D eigenvalue weighted by Gasteiger charge is -2.44. The lowest BCUT2D eigenvalue weighted by atomic mass is 9.81. The number of nitrogens with zero attached hydrogens (tertiary/aromatic N) is 1. The number of fused-ring (bicyclic) bond motifs is 1. The van der Waals surface area contributed by atoms with Crippen LogP contribution in [0.2, 0.25) is 5.02 Å². The Morgan fingerprint density at radius 3 is 2.62 bits per heavy atom. The second-order valence-electron chi connectivity index (χ2n) is 8.14. The summed E-state index contributed by atoms with van der Waals surface area (Å²) in [5, 5.41) is 3.47. The quantitative estimate of drug-likeness (QED) is 0.692. The van der Waals surface area contributed by atoms with Gasteiger partial charge < -0.3 is 10.2 Å². The molecule has 1 N–H and O–H groups in total. The van der Waals surface area contributed by atoms with Gasteiger partial charge in [0, 0.05) is 28.6 Å². The number of hydrogen-bond donors (Lipinski definition) is 1. The second-order valence-corrected chi connectivity index (χ2v) is 8.58. The minimum Gasteiger partial charge on any atom is -0.325 e. The maximum absolute atomic E-state index is 13.0. The molecule has 2 aromatic carbocycles. The van der Waals surface area contributed by atoms with Crippen LogP contribution in [-0.4, -0.2) is 35.7 Å². The Labute approximate surface area is 177 Å². The average molecular weight is 411 g/mol. The molecular weight excluding hydrogens is 384 g/mol. The molecule has 2 aliphatic rings. The molecule has 0 radical (unpaired) electrons. The summed E-state index contributed by atoms with van der Waals surface area (Å²) in [5.41, 5.74) is 1.54. The maximum Gasteiger partial charge on any atom is 0.224 e. The molecule has 4 nitrogen and oxygen atoms in total. The number of anilines is 1. The molecule has 2 saturated heterocycles. The number of piperidine rings is 2. The molecule has 152 valence electrons. The summed E-state index contributed by atoms with van der Waals surface area (Å²) in [6, 6.07) is 14.7. The van der Waals surface area contributed by atoms with Gasteiger partial charge in [0.1, 0.15) is 0 Å². The standard InChI is InChI=1S/C24H27ClN2O2/c25-19-11-12-21(20(16-19)24(29)17-7-2-1-3-8-17)26-23(28)15-18-9-6-14-27-13-5-4-10-22(18)27/h1-3,7-8,11-12,16,18,22H,4-6,9-10,13-15H2,(H,26,28)/t18-,22-/m1/s1. The van der Waals surface area contributed by atoms with Gasteiger partial charge in [0.25, 0.3) is 0 Å². The van der Waals surface area contributed by atoms with E-state index in [0.29, 0.717) is 40.2 Å². The molecule has 0 aliphatic carbocycles. The smallest absolute Gasteiger partial charge is 0.224 e. The lowest BCUT2D eigenvalue weighted by molar-refractivity contribution is -0.118. The van der Waals surface area contributed by atoms with E-state index in [1.54, 1.807) is 30.3 Å². The summed E-state index contributed by atoms with van der Waals surface area (Å²) in [7, 11) is 0. The van der Waals surface area contributed by atoms with Crippen molar-refractivity contribution < 1.29 is 9.59 Å². The summed E-state index contributed by atoms with van der Waals surface area (Å²) < 4.78 is 0. The Morgan fingerprint density at radius 2 is 1.79 bits per heavy atom. The zero-order valence-corrected chi connectivity index (χ0v) is 17.3. The van der Waals surface area contributed by atoms with E-state index in [1.807, 2.05) is 18.2 Å². The molecule has 5 heteroatoms. The van der Waals surface area contributed by atoms with Crippen LogP contribution in [0, 0.1) is 5.92 Å². The normalized spacial score (nSPS) is 22.0. The molecule has 29 heavy (non-hydrogen) atoms. The molecule has 4 rings (SSSR count). The maximum atomic E-state index is 13.0. The van der Waals surface area contributed by atoms with Gasteiger partial charge in [-0.1, -0.05) is 48.4 Å². The lowest BCUT2D eigenvalue weighted by Crippen LogP contribution is -2.48. The molecule has 1 amide bonds. The van der Waals surface area contributed by atoms with Gasteiger partial charge in [-0.2, -0.15) is 0 Å². The first-order chi connectivity index (χ1) is 14.1. The molecule has 2 aromatic rings. The van der Waals surface area contributed by atoms with E-state index in [4.69, 9.17) is 11.6 Å². The summed E-state index contributed by atoms with van der Waals surface area (Å²) in [5.74, 6) is 0.232. The van der Waals surface area contributed by atoms with Crippen molar-refractivity contribution in [3.05, 3.63) is 64.7 Å². The van der Waals surface area contributed by atoms with Gasteiger partial charge >= 0.3 is 0 Å². The molecular formula is C24H27ClN2O2. The summed E-state index contributed by atoms with van der Waals surface area (Å²) in [4.78, 5) is 28.4. The third-order valence-electron chi connectivity index (χ3n) is 6.21. The molecule has 2 fully saturated rings. The van der Waals surface area contributed by atoms with Crippen LogP contribution in [0.5, 0.6) is 0 Å². The SMILES string of the molecule is O=C(C[C@H]1CCCN2CCCC[C@H]12)Nc1ccc(Cl)cc1C(=O)c1ccccc1. The van der Waals surface area contributed by atoms with Crippen molar-refractivity contribution >= 4 is 29.0 Å². The van der Waals surface area contributed by atoms with Crippen LogP contribution in [-0.2, 0) is 4.79 Å². The predicted octanol–water partition coefficient (Wildman–Crippen LogP) is 5.16. The number of ketones is 1.